The number of Topliss-reactive ketones (excluding diaryl/α,β-unsaturated/α-hetero) is 1. The van der Waals surface area contributed by atoms with Gasteiger partial charge in [-0.3, -0.25) is 4.79 Å². The van der Waals surface area contributed by atoms with Crippen molar-refractivity contribution in [1.29, 1.82) is 0 Å². The number of carbonyl (C=O) groups excluding carboxylic acids is 1. The van der Waals surface area contributed by atoms with E-state index in [0.717, 1.165) is 24.3 Å². The first kappa shape index (κ1) is 15.0. The Morgan fingerprint density at radius 1 is 1.33 bits per heavy atom. The van der Waals surface area contributed by atoms with Crippen LogP contribution in [-0.2, 0) is 11.0 Å². The third-order valence-electron chi connectivity index (χ3n) is 2.65. The summed E-state index contributed by atoms with van der Waals surface area (Å²) < 4.78 is 37.0. The fraction of sp³-hybridized carbons (Fsp3) is 0.417. The Balaban J connectivity index is 2.94. The zero-order chi connectivity index (χ0) is 13.9. The molecule has 1 rings (SSSR count). The van der Waals surface area contributed by atoms with Crippen LogP contribution in [0.1, 0.15) is 24.2 Å². The number of hydrogen-bond donors (Lipinski definition) is 1. The summed E-state index contributed by atoms with van der Waals surface area (Å²) in [5.41, 5.74) is -0.562. The highest BCUT2D eigenvalue weighted by molar-refractivity contribution is 6.19. The third-order valence-corrected chi connectivity index (χ3v) is 2.98. The molecule has 2 atom stereocenters. The number of hydrogen-bond acceptors (Lipinski definition) is 2. The molecular weight excluding hydrogens is 269 g/mol. The van der Waals surface area contributed by atoms with Crippen molar-refractivity contribution < 1.29 is 23.1 Å². The number of alkyl halides is 4. The van der Waals surface area contributed by atoms with Crippen molar-refractivity contribution in [3.05, 3.63) is 35.4 Å². The maximum atomic E-state index is 12.3. The summed E-state index contributed by atoms with van der Waals surface area (Å²) >= 11 is 5.55. The molecule has 6 heteroatoms. The van der Waals surface area contributed by atoms with Gasteiger partial charge in [-0.05, 0) is 24.6 Å². The molecule has 1 N–H and O–H groups in total. The van der Waals surface area contributed by atoms with Crippen LogP contribution < -0.4 is 0 Å². The Morgan fingerprint density at radius 2 is 1.83 bits per heavy atom. The first-order valence-corrected chi connectivity index (χ1v) is 5.72. The van der Waals surface area contributed by atoms with E-state index in [-0.39, 0.29) is 17.2 Å². The Hall–Kier alpha value is -1.07. The van der Waals surface area contributed by atoms with Gasteiger partial charge in [0.1, 0.15) is 5.78 Å². The number of aliphatic hydroxyl groups is 1. The highest BCUT2D eigenvalue weighted by Crippen LogP contribution is 2.31. The van der Waals surface area contributed by atoms with Gasteiger partial charge in [0.25, 0.3) is 0 Å². The van der Waals surface area contributed by atoms with Crippen LogP contribution >= 0.6 is 11.6 Å². The van der Waals surface area contributed by atoms with Crippen LogP contribution in [0.4, 0.5) is 13.2 Å². The van der Waals surface area contributed by atoms with E-state index < -0.39 is 23.8 Å². The molecule has 0 aromatic heterocycles. The van der Waals surface area contributed by atoms with E-state index in [4.69, 9.17) is 11.6 Å². The summed E-state index contributed by atoms with van der Waals surface area (Å²) in [6, 6.07) is 4.03. The van der Waals surface area contributed by atoms with Gasteiger partial charge in [0.05, 0.1) is 17.6 Å². The van der Waals surface area contributed by atoms with E-state index >= 15 is 0 Å². The lowest BCUT2D eigenvalue weighted by Gasteiger charge is -2.19. The summed E-state index contributed by atoms with van der Waals surface area (Å²) in [6.45, 7) is 1.28. The summed E-state index contributed by atoms with van der Waals surface area (Å²) in [7, 11) is 0. The molecule has 0 aliphatic rings. The first-order chi connectivity index (χ1) is 8.27. The van der Waals surface area contributed by atoms with Crippen molar-refractivity contribution in [1.82, 2.24) is 0 Å². The predicted octanol–water partition coefficient (Wildman–Crippen LogP) is 3.18. The molecule has 1 aromatic rings. The molecule has 0 saturated carbocycles. The van der Waals surface area contributed by atoms with Crippen molar-refractivity contribution in [2.45, 2.75) is 19.2 Å². The average molecular weight is 281 g/mol. The largest absolute Gasteiger partial charge is 0.416 e. The average Bonchev–Trinajstić information content (AvgIpc) is 2.28. The molecule has 0 fully saturated rings. The minimum Gasteiger partial charge on any atom is -0.388 e. The molecule has 2 nitrogen and oxygen atoms in total. The van der Waals surface area contributed by atoms with Gasteiger partial charge >= 0.3 is 6.18 Å². The predicted molar refractivity (Wildman–Crippen MR) is 61.3 cm³/mol. The molecule has 1 aromatic carbocycles. The zero-order valence-corrected chi connectivity index (χ0v) is 10.3. The molecule has 0 radical (unpaired) electrons. The van der Waals surface area contributed by atoms with Gasteiger partial charge in [-0.15, -0.1) is 11.6 Å². The molecule has 0 saturated heterocycles. The fourth-order valence-electron chi connectivity index (χ4n) is 1.52. The lowest BCUT2D eigenvalue weighted by Crippen LogP contribution is -2.21. The Morgan fingerprint density at radius 3 is 2.17 bits per heavy atom. The monoisotopic (exact) mass is 280 g/mol. The van der Waals surface area contributed by atoms with Crippen LogP contribution in [0.3, 0.4) is 0 Å². The van der Waals surface area contributed by atoms with Crippen LogP contribution in [0.25, 0.3) is 0 Å². The smallest absolute Gasteiger partial charge is 0.388 e. The van der Waals surface area contributed by atoms with Crippen molar-refractivity contribution in [2.75, 3.05) is 5.88 Å². The van der Waals surface area contributed by atoms with E-state index in [2.05, 4.69) is 0 Å². The van der Waals surface area contributed by atoms with Gasteiger partial charge in [0, 0.05) is 5.88 Å². The highest BCUT2D eigenvalue weighted by atomic mass is 35.5. The van der Waals surface area contributed by atoms with Crippen LogP contribution in [0, 0.1) is 5.92 Å². The van der Waals surface area contributed by atoms with Crippen LogP contribution in [0.5, 0.6) is 0 Å². The molecule has 0 aliphatic heterocycles. The van der Waals surface area contributed by atoms with Crippen molar-refractivity contribution in [3.8, 4) is 0 Å². The van der Waals surface area contributed by atoms with Crippen molar-refractivity contribution in [2.24, 2.45) is 5.92 Å². The van der Waals surface area contributed by atoms with Crippen molar-refractivity contribution in [3.63, 3.8) is 0 Å². The lowest BCUT2D eigenvalue weighted by atomic mass is 9.93. The van der Waals surface area contributed by atoms with Crippen LogP contribution in [0.2, 0.25) is 0 Å². The number of ketones is 1. The second-order valence-corrected chi connectivity index (χ2v) is 4.24. The van der Waals surface area contributed by atoms with Gasteiger partial charge in [-0.1, -0.05) is 12.1 Å². The molecule has 100 valence electrons. The highest BCUT2D eigenvalue weighted by Gasteiger charge is 2.31. The first-order valence-electron chi connectivity index (χ1n) is 5.19. The molecule has 0 bridgehead atoms. The normalized spacial score (nSPS) is 15.2. The number of aliphatic hydroxyl groups excluding tert-OH is 1. The molecule has 0 heterocycles. The number of carbonyl (C=O) groups is 1. The van der Waals surface area contributed by atoms with E-state index in [1.807, 2.05) is 0 Å². The molecule has 18 heavy (non-hydrogen) atoms. The minimum atomic E-state index is -4.42. The molecule has 0 amide bonds. The number of benzene rings is 1. The quantitative estimate of drug-likeness (QED) is 0.860. The van der Waals surface area contributed by atoms with Gasteiger partial charge in [0.15, 0.2) is 0 Å². The lowest BCUT2D eigenvalue weighted by molar-refractivity contribution is -0.137. The number of halogens is 4. The maximum Gasteiger partial charge on any atom is 0.416 e. The maximum absolute atomic E-state index is 12.3. The molecular formula is C12H12ClF3O2. The van der Waals surface area contributed by atoms with Gasteiger partial charge in [-0.25, -0.2) is 0 Å². The standard InChI is InChI=1S/C12H12ClF3O2/c1-7(17)10(6-13)11(18)8-2-4-9(5-3-8)12(14,15)16/h2-5,10-11,18H,6H2,1H3. The summed E-state index contributed by atoms with van der Waals surface area (Å²) in [5, 5.41) is 9.86. The summed E-state index contributed by atoms with van der Waals surface area (Å²) in [6.07, 6.45) is -5.61. The van der Waals surface area contributed by atoms with E-state index in [9.17, 15) is 23.1 Å². The van der Waals surface area contributed by atoms with Crippen LogP contribution in [-0.4, -0.2) is 16.8 Å². The second-order valence-electron chi connectivity index (χ2n) is 3.94. The third kappa shape index (κ3) is 3.46. The topological polar surface area (TPSA) is 37.3 Å². The molecule has 0 aliphatic carbocycles. The van der Waals surface area contributed by atoms with Crippen LogP contribution in [0.15, 0.2) is 24.3 Å². The molecule has 2 unspecified atom stereocenters. The SMILES string of the molecule is CC(=O)C(CCl)C(O)c1ccc(C(F)(F)F)cc1. The summed E-state index contributed by atoms with van der Waals surface area (Å²) in [4.78, 5) is 11.2. The number of rotatable bonds is 4. The fourth-order valence-corrected chi connectivity index (χ4v) is 1.90. The summed E-state index contributed by atoms with van der Waals surface area (Å²) in [5.74, 6) is -1.21. The van der Waals surface area contributed by atoms with Gasteiger partial charge in [0.2, 0.25) is 0 Å². The van der Waals surface area contributed by atoms with E-state index in [0.29, 0.717) is 0 Å². The minimum absolute atomic E-state index is 0.0858. The Kier molecular flexibility index (Phi) is 4.76. The Bertz CT molecular complexity index is 414. The van der Waals surface area contributed by atoms with E-state index in [1.165, 1.54) is 6.92 Å². The van der Waals surface area contributed by atoms with Gasteiger partial charge in [-0.2, -0.15) is 13.2 Å². The van der Waals surface area contributed by atoms with E-state index in [1.54, 1.807) is 0 Å². The second kappa shape index (κ2) is 5.71. The van der Waals surface area contributed by atoms with Gasteiger partial charge < -0.3 is 5.11 Å². The molecule has 0 spiro atoms. The zero-order valence-electron chi connectivity index (χ0n) is 9.54. The van der Waals surface area contributed by atoms with Crippen molar-refractivity contribution >= 4 is 17.4 Å². The Labute approximate surface area is 107 Å².